The van der Waals surface area contributed by atoms with Crippen LogP contribution in [-0.4, -0.2) is 25.7 Å². The van der Waals surface area contributed by atoms with Gasteiger partial charge in [0.2, 0.25) is 0 Å². The van der Waals surface area contributed by atoms with Crippen molar-refractivity contribution in [1.82, 2.24) is 5.32 Å². The van der Waals surface area contributed by atoms with Crippen molar-refractivity contribution >= 4 is 11.6 Å². The molecule has 5 nitrogen and oxygen atoms in total. The number of hydrazine groups is 1. The maximum atomic E-state index is 11.8. The molecule has 1 fully saturated rings. The largest absolute Gasteiger partial charge is 0.381 e. The summed E-state index contributed by atoms with van der Waals surface area (Å²) in [6.45, 7) is 2.23. The van der Waals surface area contributed by atoms with Crippen molar-refractivity contribution in [2.75, 3.05) is 25.2 Å². The molecule has 1 aliphatic heterocycles. The molecule has 0 radical (unpaired) electrons. The van der Waals surface area contributed by atoms with E-state index in [0.717, 1.165) is 25.3 Å². The highest BCUT2D eigenvalue weighted by Gasteiger charge is 2.16. The number of benzene rings is 1. The van der Waals surface area contributed by atoms with E-state index in [-0.39, 0.29) is 5.91 Å². The van der Waals surface area contributed by atoms with E-state index in [1.165, 1.54) is 0 Å². The van der Waals surface area contributed by atoms with Gasteiger partial charge in [0.15, 0.2) is 0 Å². The standard InChI is InChI=1S/C12H17N3O2/c13-15-11-3-1-10(2-4-11)12(16)14-7-9-5-6-17-8-9/h1-4,9,15H,5-8,13H2,(H,14,16). The number of nitrogens with one attached hydrogen (secondary N) is 2. The molecule has 1 amide bonds. The lowest BCUT2D eigenvalue weighted by atomic mass is 10.1. The number of amides is 1. The van der Waals surface area contributed by atoms with Crippen LogP contribution < -0.4 is 16.6 Å². The molecule has 1 heterocycles. The molecule has 1 atom stereocenters. The molecule has 5 heteroatoms. The predicted octanol–water partition coefficient (Wildman–Crippen LogP) is 0.738. The molecule has 1 aromatic carbocycles. The summed E-state index contributed by atoms with van der Waals surface area (Å²) in [6.07, 6.45) is 1.02. The highest BCUT2D eigenvalue weighted by atomic mass is 16.5. The molecular weight excluding hydrogens is 218 g/mol. The van der Waals surface area contributed by atoms with Gasteiger partial charge in [-0.1, -0.05) is 0 Å². The first kappa shape index (κ1) is 11.9. The van der Waals surface area contributed by atoms with Gasteiger partial charge in [0.25, 0.3) is 5.91 Å². The molecule has 17 heavy (non-hydrogen) atoms. The molecule has 1 aromatic rings. The Kier molecular flexibility index (Phi) is 3.95. The van der Waals surface area contributed by atoms with E-state index in [4.69, 9.17) is 10.6 Å². The minimum Gasteiger partial charge on any atom is -0.381 e. The van der Waals surface area contributed by atoms with Crippen LogP contribution in [0.25, 0.3) is 0 Å². The molecule has 92 valence electrons. The molecule has 4 N–H and O–H groups in total. The Bertz CT molecular complexity index is 372. The fourth-order valence-corrected chi connectivity index (χ4v) is 1.80. The third-order valence-electron chi connectivity index (χ3n) is 2.89. The number of hydrogen-bond acceptors (Lipinski definition) is 4. The van der Waals surface area contributed by atoms with Crippen molar-refractivity contribution < 1.29 is 9.53 Å². The average molecular weight is 235 g/mol. The molecule has 0 aliphatic carbocycles. The number of carbonyl (C=O) groups is 1. The van der Waals surface area contributed by atoms with Crippen LogP contribution in [0, 0.1) is 5.92 Å². The minimum absolute atomic E-state index is 0.0551. The molecule has 1 unspecified atom stereocenters. The number of anilines is 1. The second kappa shape index (κ2) is 5.65. The van der Waals surface area contributed by atoms with E-state index >= 15 is 0 Å². The summed E-state index contributed by atoms with van der Waals surface area (Å²) in [7, 11) is 0. The monoisotopic (exact) mass is 235 g/mol. The van der Waals surface area contributed by atoms with Gasteiger partial charge in [-0.25, -0.2) is 0 Å². The van der Waals surface area contributed by atoms with Gasteiger partial charge in [-0.2, -0.15) is 0 Å². The number of ether oxygens (including phenoxy) is 1. The fourth-order valence-electron chi connectivity index (χ4n) is 1.80. The molecule has 1 saturated heterocycles. The Morgan fingerprint density at radius 2 is 2.18 bits per heavy atom. The maximum absolute atomic E-state index is 11.8. The van der Waals surface area contributed by atoms with E-state index in [1.807, 2.05) is 0 Å². The number of nitrogen functional groups attached to an aromatic ring is 1. The van der Waals surface area contributed by atoms with Crippen molar-refractivity contribution in [1.29, 1.82) is 0 Å². The number of nitrogens with two attached hydrogens (primary N) is 1. The summed E-state index contributed by atoms with van der Waals surface area (Å²) in [5, 5.41) is 2.91. The van der Waals surface area contributed by atoms with Crippen LogP contribution in [0.2, 0.25) is 0 Å². The van der Waals surface area contributed by atoms with Gasteiger partial charge in [-0.05, 0) is 30.7 Å². The topological polar surface area (TPSA) is 76.4 Å². The van der Waals surface area contributed by atoms with E-state index < -0.39 is 0 Å². The van der Waals surface area contributed by atoms with Crippen LogP contribution in [0.5, 0.6) is 0 Å². The first-order chi connectivity index (χ1) is 8.29. The van der Waals surface area contributed by atoms with Crippen LogP contribution in [-0.2, 0) is 4.74 Å². The highest BCUT2D eigenvalue weighted by molar-refractivity contribution is 5.94. The second-order valence-corrected chi connectivity index (χ2v) is 4.16. The Labute approximate surface area is 100 Å². The van der Waals surface area contributed by atoms with Crippen LogP contribution in [0.1, 0.15) is 16.8 Å². The van der Waals surface area contributed by atoms with E-state index in [0.29, 0.717) is 18.0 Å². The van der Waals surface area contributed by atoms with Gasteiger partial charge in [0.1, 0.15) is 0 Å². The van der Waals surface area contributed by atoms with Crippen molar-refractivity contribution in [3.05, 3.63) is 29.8 Å². The fraction of sp³-hybridized carbons (Fsp3) is 0.417. The summed E-state index contributed by atoms with van der Waals surface area (Å²) in [5.41, 5.74) is 3.95. The van der Waals surface area contributed by atoms with Crippen molar-refractivity contribution in [2.24, 2.45) is 11.8 Å². The van der Waals surface area contributed by atoms with E-state index in [2.05, 4.69) is 10.7 Å². The zero-order valence-electron chi connectivity index (χ0n) is 9.61. The lowest BCUT2D eigenvalue weighted by molar-refractivity contribution is 0.0945. The molecular formula is C12H17N3O2. The Morgan fingerprint density at radius 1 is 1.41 bits per heavy atom. The van der Waals surface area contributed by atoms with E-state index in [9.17, 15) is 4.79 Å². The predicted molar refractivity (Wildman–Crippen MR) is 65.5 cm³/mol. The summed E-state index contributed by atoms with van der Waals surface area (Å²) >= 11 is 0. The van der Waals surface area contributed by atoms with Gasteiger partial charge in [0, 0.05) is 30.3 Å². The second-order valence-electron chi connectivity index (χ2n) is 4.16. The smallest absolute Gasteiger partial charge is 0.251 e. The maximum Gasteiger partial charge on any atom is 0.251 e. The minimum atomic E-state index is -0.0551. The van der Waals surface area contributed by atoms with Gasteiger partial charge < -0.3 is 15.5 Å². The summed E-state index contributed by atoms with van der Waals surface area (Å²) < 4.78 is 5.25. The van der Waals surface area contributed by atoms with Gasteiger partial charge in [-0.15, -0.1) is 0 Å². The molecule has 0 saturated carbocycles. The van der Waals surface area contributed by atoms with Crippen LogP contribution in [0.4, 0.5) is 5.69 Å². The van der Waals surface area contributed by atoms with Crippen molar-refractivity contribution in [3.63, 3.8) is 0 Å². The number of rotatable bonds is 4. The van der Waals surface area contributed by atoms with Crippen LogP contribution in [0.15, 0.2) is 24.3 Å². The first-order valence-electron chi connectivity index (χ1n) is 5.72. The highest BCUT2D eigenvalue weighted by Crippen LogP contribution is 2.11. The molecule has 1 aliphatic rings. The van der Waals surface area contributed by atoms with Crippen molar-refractivity contribution in [3.8, 4) is 0 Å². The van der Waals surface area contributed by atoms with Gasteiger partial charge in [0.05, 0.1) is 6.61 Å². The Balaban J connectivity index is 1.85. The third kappa shape index (κ3) is 3.18. The quantitative estimate of drug-likeness (QED) is 0.531. The Hall–Kier alpha value is -1.59. The molecule has 0 spiro atoms. The number of carbonyl (C=O) groups excluding carboxylic acids is 1. The molecule has 0 aromatic heterocycles. The SMILES string of the molecule is NNc1ccc(C(=O)NCC2CCOC2)cc1. The molecule has 2 rings (SSSR count). The summed E-state index contributed by atoms with van der Waals surface area (Å²) in [4.78, 5) is 11.8. The van der Waals surface area contributed by atoms with E-state index in [1.54, 1.807) is 24.3 Å². The zero-order chi connectivity index (χ0) is 12.1. The van der Waals surface area contributed by atoms with Crippen molar-refractivity contribution in [2.45, 2.75) is 6.42 Å². The normalized spacial score (nSPS) is 19.0. The first-order valence-corrected chi connectivity index (χ1v) is 5.72. The average Bonchev–Trinajstić information content (AvgIpc) is 2.89. The van der Waals surface area contributed by atoms with Gasteiger partial charge in [-0.3, -0.25) is 10.6 Å². The zero-order valence-corrected chi connectivity index (χ0v) is 9.61. The lowest BCUT2D eigenvalue weighted by Gasteiger charge is -2.09. The summed E-state index contributed by atoms with van der Waals surface area (Å²) in [5.74, 6) is 5.65. The number of hydrogen-bond donors (Lipinski definition) is 3. The van der Waals surface area contributed by atoms with Crippen LogP contribution >= 0.6 is 0 Å². The van der Waals surface area contributed by atoms with Crippen LogP contribution in [0.3, 0.4) is 0 Å². The lowest BCUT2D eigenvalue weighted by Crippen LogP contribution is -2.29. The Morgan fingerprint density at radius 3 is 2.76 bits per heavy atom. The summed E-state index contributed by atoms with van der Waals surface area (Å²) in [6, 6.07) is 7.03. The van der Waals surface area contributed by atoms with Gasteiger partial charge >= 0.3 is 0 Å². The third-order valence-corrected chi connectivity index (χ3v) is 2.89. The molecule has 0 bridgehead atoms.